The molecule has 1 aromatic heterocycles. The van der Waals surface area contributed by atoms with Crippen LogP contribution in [0, 0.1) is 0 Å². The lowest BCUT2D eigenvalue weighted by Gasteiger charge is -2.08. The van der Waals surface area contributed by atoms with E-state index < -0.39 is 0 Å². The van der Waals surface area contributed by atoms with E-state index in [9.17, 15) is 4.79 Å². The fourth-order valence-electron chi connectivity index (χ4n) is 1.51. The molecule has 0 spiro atoms. The number of esters is 1. The zero-order chi connectivity index (χ0) is 11.5. The van der Waals surface area contributed by atoms with Crippen molar-refractivity contribution in [2.45, 2.75) is 0 Å². The number of carbonyl (C=O) groups excluding carboxylic acids is 1. The molecular weight excluding hydrogens is 204 g/mol. The largest absolute Gasteiger partial charge is 0.465 e. The molecule has 2 aromatic rings. The maximum absolute atomic E-state index is 11.4. The molecule has 0 saturated heterocycles. The maximum atomic E-state index is 11.4. The smallest absolute Gasteiger partial charge is 0.337 e. The Morgan fingerprint density at radius 1 is 1.31 bits per heavy atom. The zero-order valence-corrected chi connectivity index (χ0v) is 8.88. The van der Waals surface area contributed by atoms with Crippen LogP contribution >= 0.6 is 0 Å². The molecule has 4 heteroatoms. The van der Waals surface area contributed by atoms with Gasteiger partial charge >= 0.3 is 5.97 Å². The number of rotatable bonds is 2. The van der Waals surface area contributed by atoms with E-state index in [1.807, 2.05) is 29.1 Å². The van der Waals surface area contributed by atoms with Gasteiger partial charge in [-0.3, -0.25) is 0 Å². The van der Waals surface area contributed by atoms with E-state index in [0.717, 1.165) is 5.69 Å². The Kier molecular flexibility index (Phi) is 2.64. The van der Waals surface area contributed by atoms with Crippen LogP contribution in [-0.2, 0) is 4.74 Å². The second kappa shape index (κ2) is 4.10. The molecule has 2 N–H and O–H groups in total. The van der Waals surface area contributed by atoms with Crippen LogP contribution in [0.25, 0.3) is 5.69 Å². The molecule has 0 aliphatic heterocycles. The molecule has 0 saturated carbocycles. The molecule has 0 unspecified atom stereocenters. The average molecular weight is 216 g/mol. The number of methoxy groups -OCH3 is 1. The lowest BCUT2D eigenvalue weighted by molar-refractivity contribution is 0.0601. The molecule has 0 amide bonds. The van der Waals surface area contributed by atoms with Crippen molar-refractivity contribution in [1.82, 2.24) is 4.57 Å². The molecule has 0 aliphatic rings. The van der Waals surface area contributed by atoms with E-state index in [2.05, 4.69) is 4.74 Å². The zero-order valence-electron chi connectivity index (χ0n) is 8.88. The van der Waals surface area contributed by atoms with E-state index in [1.165, 1.54) is 7.11 Å². The number of hydrogen-bond donors (Lipinski definition) is 1. The van der Waals surface area contributed by atoms with Crippen LogP contribution in [0.4, 0.5) is 5.69 Å². The van der Waals surface area contributed by atoms with Gasteiger partial charge in [0.1, 0.15) is 0 Å². The van der Waals surface area contributed by atoms with Crippen molar-refractivity contribution in [1.29, 1.82) is 0 Å². The number of ether oxygens (including phenoxy) is 1. The van der Waals surface area contributed by atoms with Gasteiger partial charge in [-0.1, -0.05) is 0 Å². The highest BCUT2D eigenvalue weighted by Gasteiger charge is 2.08. The summed E-state index contributed by atoms with van der Waals surface area (Å²) in [6.45, 7) is 0. The van der Waals surface area contributed by atoms with Gasteiger partial charge in [-0.25, -0.2) is 4.79 Å². The summed E-state index contributed by atoms with van der Waals surface area (Å²) in [5.41, 5.74) is 7.72. The highest BCUT2D eigenvalue weighted by molar-refractivity contribution is 5.91. The molecule has 0 atom stereocenters. The first-order valence-electron chi connectivity index (χ1n) is 4.83. The summed E-state index contributed by atoms with van der Waals surface area (Å²) >= 11 is 0. The predicted octanol–water partition coefficient (Wildman–Crippen LogP) is 1.85. The third kappa shape index (κ3) is 1.77. The summed E-state index contributed by atoms with van der Waals surface area (Å²) in [5.74, 6) is -0.367. The standard InChI is InChI=1S/C12H12N2O2/c1-16-12(15)9-4-5-10(13)11(8-9)14-6-2-3-7-14/h2-8H,13H2,1H3. The lowest BCUT2D eigenvalue weighted by atomic mass is 10.1. The van der Waals surface area contributed by atoms with Crippen LogP contribution in [0.3, 0.4) is 0 Å². The van der Waals surface area contributed by atoms with Crippen LogP contribution in [0.2, 0.25) is 0 Å². The fourth-order valence-corrected chi connectivity index (χ4v) is 1.51. The Bertz CT molecular complexity index is 504. The summed E-state index contributed by atoms with van der Waals surface area (Å²) in [7, 11) is 1.36. The summed E-state index contributed by atoms with van der Waals surface area (Å²) in [4.78, 5) is 11.4. The number of nitrogens with two attached hydrogens (primary N) is 1. The minimum absolute atomic E-state index is 0.367. The van der Waals surface area contributed by atoms with Crippen molar-refractivity contribution in [2.75, 3.05) is 12.8 Å². The van der Waals surface area contributed by atoms with Crippen LogP contribution in [0.5, 0.6) is 0 Å². The summed E-state index contributed by atoms with van der Waals surface area (Å²) < 4.78 is 6.51. The number of carbonyl (C=O) groups is 1. The van der Waals surface area contributed by atoms with Gasteiger partial charge < -0.3 is 15.0 Å². The van der Waals surface area contributed by atoms with Gasteiger partial charge in [-0.15, -0.1) is 0 Å². The lowest BCUT2D eigenvalue weighted by Crippen LogP contribution is -2.04. The molecule has 2 rings (SSSR count). The highest BCUT2D eigenvalue weighted by atomic mass is 16.5. The first-order valence-corrected chi connectivity index (χ1v) is 4.83. The monoisotopic (exact) mass is 216 g/mol. The Balaban J connectivity index is 2.49. The van der Waals surface area contributed by atoms with Crippen LogP contribution in [0.1, 0.15) is 10.4 Å². The normalized spacial score (nSPS) is 10.1. The second-order valence-corrected chi connectivity index (χ2v) is 3.36. The fraction of sp³-hybridized carbons (Fsp3) is 0.0833. The quantitative estimate of drug-likeness (QED) is 0.615. The van der Waals surface area contributed by atoms with E-state index in [-0.39, 0.29) is 5.97 Å². The predicted molar refractivity (Wildman–Crippen MR) is 61.5 cm³/mol. The van der Waals surface area contributed by atoms with Crippen LogP contribution in [-0.4, -0.2) is 17.6 Å². The Morgan fingerprint density at radius 3 is 2.62 bits per heavy atom. The van der Waals surface area contributed by atoms with Crippen LogP contribution in [0.15, 0.2) is 42.7 Å². The molecule has 0 radical (unpaired) electrons. The average Bonchev–Trinajstić information content (AvgIpc) is 2.82. The van der Waals surface area contributed by atoms with E-state index in [4.69, 9.17) is 5.73 Å². The first-order chi connectivity index (χ1) is 7.72. The van der Waals surface area contributed by atoms with Gasteiger partial charge in [0, 0.05) is 12.4 Å². The van der Waals surface area contributed by atoms with E-state index in [0.29, 0.717) is 11.3 Å². The van der Waals surface area contributed by atoms with E-state index >= 15 is 0 Å². The molecule has 1 heterocycles. The summed E-state index contributed by atoms with van der Waals surface area (Å²) in [5, 5.41) is 0. The summed E-state index contributed by atoms with van der Waals surface area (Å²) in [6.07, 6.45) is 3.74. The van der Waals surface area contributed by atoms with Crippen molar-refractivity contribution in [3.05, 3.63) is 48.3 Å². The Morgan fingerprint density at radius 2 is 2.00 bits per heavy atom. The highest BCUT2D eigenvalue weighted by Crippen LogP contribution is 2.19. The maximum Gasteiger partial charge on any atom is 0.337 e. The number of aromatic nitrogens is 1. The van der Waals surface area contributed by atoms with Crippen molar-refractivity contribution in [3.63, 3.8) is 0 Å². The summed E-state index contributed by atoms with van der Waals surface area (Å²) in [6, 6.07) is 8.84. The molecule has 0 bridgehead atoms. The third-order valence-electron chi connectivity index (χ3n) is 2.33. The van der Waals surface area contributed by atoms with E-state index in [1.54, 1.807) is 18.2 Å². The SMILES string of the molecule is COC(=O)c1ccc(N)c(-n2cccc2)c1. The molecular formula is C12H12N2O2. The van der Waals surface area contributed by atoms with Gasteiger partial charge in [0.2, 0.25) is 0 Å². The minimum Gasteiger partial charge on any atom is -0.465 e. The van der Waals surface area contributed by atoms with Gasteiger partial charge in [0.05, 0.1) is 24.0 Å². The van der Waals surface area contributed by atoms with Gasteiger partial charge in [-0.05, 0) is 30.3 Å². The molecule has 82 valence electrons. The van der Waals surface area contributed by atoms with Crippen molar-refractivity contribution in [2.24, 2.45) is 0 Å². The number of nitrogen functional groups attached to an aromatic ring is 1. The molecule has 1 aromatic carbocycles. The van der Waals surface area contributed by atoms with Gasteiger partial charge in [-0.2, -0.15) is 0 Å². The Labute approximate surface area is 93.3 Å². The molecule has 16 heavy (non-hydrogen) atoms. The topological polar surface area (TPSA) is 57.2 Å². The number of anilines is 1. The Hall–Kier alpha value is -2.23. The molecule has 0 aliphatic carbocycles. The van der Waals surface area contributed by atoms with Crippen LogP contribution < -0.4 is 5.73 Å². The van der Waals surface area contributed by atoms with Gasteiger partial charge in [0.15, 0.2) is 0 Å². The first kappa shape index (κ1) is 10.3. The number of benzene rings is 1. The minimum atomic E-state index is -0.367. The molecule has 0 fully saturated rings. The van der Waals surface area contributed by atoms with Crippen molar-refractivity contribution in [3.8, 4) is 5.69 Å². The van der Waals surface area contributed by atoms with Crippen molar-refractivity contribution >= 4 is 11.7 Å². The second-order valence-electron chi connectivity index (χ2n) is 3.36. The van der Waals surface area contributed by atoms with Gasteiger partial charge in [0.25, 0.3) is 0 Å². The van der Waals surface area contributed by atoms with Crippen molar-refractivity contribution < 1.29 is 9.53 Å². The third-order valence-corrected chi connectivity index (χ3v) is 2.33. The number of nitrogens with zero attached hydrogens (tertiary/aromatic N) is 1. The molecule has 4 nitrogen and oxygen atoms in total. The number of hydrogen-bond acceptors (Lipinski definition) is 3.